The Labute approximate surface area is 104 Å². The number of methoxy groups -OCH3 is 1. The van der Waals surface area contributed by atoms with Crippen LogP contribution in [0.4, 0.5) is 5.69 Å². The van der Waals surface area contributed by atoms with E-state index in [4.69, 9.17) is 15.2 Å². The lowest BCUT2D eigenvalue weighted by Crippen LogP contribution is -2.16. The molecule has 17 heavy (non-hydrogen) atoms. The fourth-order valence-corrected chi connectivity index (χ4v) is 3.27. The number of anilines is 1. The number of benzene rings is 1. The van der Waals surface area contributed by atoms with E-state index in [1.807, 2.05) is 0 Å². The van der Waals surface area contributed by atoms with Crippen LogP contribution in [0.15, 0.2) is 23.1 Å². The first kappa shape index (κ1) is 12.4. The van der Waals surface area contributed by atoms with Gasteiger partial charge in [0.15, 0.2) is 0 Å². The summed E-state index contributed by atoms with van der Waals surface area (Å²) in [5, 5.41) is 0. The number of rotatable bonds is 4. The van der Waals surface area contributed by atoms with Gasteiger partial charge in [-0.2, -0.15) is 0 Å². The Morgan fingerprint density at radius 2 is 2.41 bits per heavy atom. The average molecular weight is 255 g/mol. The van der Waals surface area contributed by atoms with E-state index in [1.165, 1.54) is 0 Å². The summed E-state index contributed by atoms with van der Waals surface area (Å²) in [6.45, 7) is 0.779. The second-order valence-corrected chi connectivity index (χ2v) is 5.52. The van der Waals surface area contributed by atoms with Crippen LogP contribution in [0, 0.1) is 0 Å². The zero-order valence-electron chi connectivity index (χ0n) is 9.85. The number of nitrogen functional groups attached to an aromatic ring is 1. The van der Waals surface area contributed by atoms with Gasteiger partial charge in [-0.15, -0.1) is 0 Å². The van der Waals surface area contributed by atoms with Crippen molar-refractivity contribution >= 4 is 16.5 Å². The van der Waals surface area contributed by atoms with Gasteiger partial charge >= 0.3 is 0 Å². The molecule has 1 aromatic rings. The van der Waals surface area contributed by atoms with Crippen molar-refractivity contribution in [3.05, 3.63) is 18.2 Å². The Morgan fingerprint density at radius 1 is 1.59 bits per heavy atom. The molecule has 0 bridgehead atoms. The highest BCUT2D eigenvalue weighted by atomic mass is 32.2. The first-order chi connectivity index (χ1) is 8.20. The summed E-state index contributed by atoms with van der Waals surface area (Å²) in [4.78, 5) is 0.692. The third-order valence-corrected chi connectivity index (χ3v) is 4.30. The molecule has 4 nitrogen and oxygen atoms in total. The number of hydrogen-bond acceptors (Lipinski definition) is 4. The third-order valence-electron chi connectivity index (χ3n) is 2.79. The number of ether oxygens (including phenoxy) is 2. The fraction of sp³-hybridized carbons (Fsp3) is 0.500. The van der Waals surface area contributed by atoms with Gasteiger partial charge in [-0.1, -0.05) is 0 Å². The first-order valence-electron chi connectivity index (χ1n) is 5.64. The smallest absolute Gasteiger partial charge is 0.137 e. The van der Waals surface area contributed by atoms with Gasteiger partial charge in [0.05, 0.1) is 34.7 Å². The minimum Gasteiger partial charge on any atom is -0.495 e. The molecule has 1 aliphatic rings. The van der Waals surface area contributed by atoms with Gasteiger partial charge in [0.2, 0.25) is 0 Å². The van der Waals surface area contributed by atoms with Gasteiger partial charge in [-0.25, -0.2) is 0 Å². The van der Waals surface area contributed by atoms with Crippen molar-refractivity contribution in [1.29, 1.82) is 0 Å². The molecule has 0 amide bonds. The molecule has 1 aromatic carbocycles. The van der Waals surface area contributed by atoms with E-state index < -0.39 is 10.8 Å². The Hall–Kier alpha value is -1.07. The third kappa shape index (κ3) is 2.98. The average Bonchev–Trinajstić information content (AvgIpc) is 2.81. The molecule has 1 aliphatic heterocycles. The van der Waals surface area contributed by atoms with Crippen molar-refractivity contribution in [3.63, 3.8) is 0 Å². The van der Waals surface area contributed by atoms with Crippen LogP contribution in [0.3, 0.4) is 0 Å². The van der Waals surface area contributed by atoms with Crippen LogP contribution in [0.2, 0.25) is 0 Å². The Balaban J connectivity index is 2.12. The lowest BCUT2D eigenvalue weighted by atomic mass is 10.3. The molecule has 1 fully saturated rings. The zero-order chi connectivity index (χ0) is 12.3. The second kappa shape index (κ2) is 5.51. The van der Waals surface area contributed by atoms with E-state index in [-0.39, 0.29) is 6.10 Å². The van der Waals surface area contributed by atoms with Crippen LogP contribution in [0.25, 0.3) is 0 Å². The molecular weight excluding hydrogens is 238 g/mol. The molecular formula is C12H17NO3S. The topological polar surface area (TPSA) is 61.5 Å². The van der Waals surface area contributed by atoms with Crippen molar-refractivity contribution in [2.75, 3.05) is 25.2 Å². The lowest BCUT2D eigenvalue weighted by molar-refractivity contribution is 0.128. The minimum atomic E-state index is -1.10. The van der Waals surface area contributed by atoms with Crippen LogP contribution in [-0.4, -0.2) is 29.8 Å². The van der Waals surface area contributed by atoms with Gasteiger partial charge in [0.25, 0.3) is 0 Å². The van der Waals surface area contributed by atoms with Crippen LogP contribution in [0.5, 0.6) is 5.75 Å². The van der Waals surface area contributed by atoms with E-state index in [0.29, 0.717) is 22.1 Å². The predicted molar refractivity (Wildman–Crippen MR) is 67.7 cm³/mol. The van der Waals surface area contributed by atoms with Crippen molar-refractivity contribution in [1.82, 2.24) is 0 Å². The maximum absolute atomic E-state index is 12.2. The van der Waals surface area contributed by atoms with E-state index in [9.17, 15) is 4.21 Å². The summed E-state index contributed by atoms with van der Waals surface area (Å²) >= 11 is 0. The van der Waals surface area contributed by atoms with Crippen LogP contribution < -0.4 is 10.5 Å². The standard InChI is InChI=1S/C12H17NO3S/c1-15-11-7-9(13)4-5-12(11)17(14)8-10-3-2-6-16-10/h4-5,7,10H,2-3,6,8,13H2,1H3. The van der Waals surface area contributed by atoms with Gasteiger partial charge in [-0.05, 0) is 25.0 Å². The molecule has 0 aromatic heterocycles. The fourth-order valence-electron chi connectivity index (χ4n) is 1.91. The molecule has 2 unspecified atom stereocenters. The van der Waals surface area contributed by atoms with E-state index in [0.717, 1.165) is 19.4 Å². The van der Waals surface area contributed by atoms with Crippen molar-refractivity contribution in [2.45, 2.75) is 23.8 Å². The van der Waals surface area contributed by atoms with Gasteiger partial charge in [0, 0.05) is 18.4 Å². The minimum absolute atomic E-state index is 0.109. The first-order valence-corrected chi connectivity index (χ1v) is 6.96. The summed E-state index contributed by atoms with van der Waals surface area (Å²) < 4.78 is 22.9. The van der Waals surface area contributed by atoms with Crippen molar-refractivity contribution < 1.29 is 13.7 Å². The summed E-state index contributed by atoms with van der Waals surface area (Å²) in [5.41, 5.74) is 6.27. The quantitative estimate of drug-likeness (QED) is 0.829. The normalized spacial score (nSPS) is 21.4. The van der Waals surface area contributed by atoms with E-state index in [1.54, 1.807) is 25.3 Å². The lowest BCUT2D eigenvalue weighted by Gasteiger charge is -2.12. The highest BCUT2D eigenvalue weighted by Crippen LogP contribution is 2.26. The molecule has 0 aliphatic carbocycles. The van der Waals surface area contributed by atoms with Gasteiger partial charge in [0.1, 0.15) is 5.75 Å². The summed E-state index contributed by atoms with van der Waals surface area (Å²) in [6, 6.07) is 5.20. The van der Waals surface area contributed by atoms with Crippen molar-refractivity contribution in [2.24, 2.45) is 0 Å². The maximum atomic E-state index is 12.2. The molecule has 1 saturated heterocycles. The number of hydrogen-bond donors (Lipinski definition) is 1. The summed E-state index contributed by atoms with van der Waals surface area (Å²) in [6.07, 6.45) is 2.15. The van der Waals surface area contributed by atoms with Crippen LogP contribution in [-0.2, 0) is 15.5 Å². The molecule has 2 rings (SSSR count). The van der Waals surface area contributed by atoms with Crippen LogP contribution in [0.1, 0.15) is 12.8 Å². The summed E-state index contributed by atoms with van der Waals surface area (Å²) in [5.74, 6) is 1.11. The Morgan fingerprint density at radius 3 is 3.06 bits per heavy atom. The molecule has 2 N–H and O–H groups in total. The summed E-state index contributed by atoms with van der Waals surface area (Å²) in [7, 11) is 0.459. The number of nitrogens with two attached hydrogens (primary N) is 1. The molecule has 94 valence electrons. The predicted octanol–water partition coefficient (Wildman–Crippen LogP) is 1.56. The molecule has 2 atom stereocenters. The maximum Gasteiger partial charge on any atom is 0.137 e. The SMILES string of the molecule is COc1cc(N)ccc1S(=O)CC1CCCO1. The highest BCUT2D eigenvalue weighted by molar-refractivity contribution is 7.85. The molecule has 1 heterocycles. The monoisotopic (exact) mass is 255 g/mol. The largest absolute Gasteiger partial charge is 0.495 e. The second-order valence-electron chi connectivity index (χ2n) is 4.06. The molecule has 5 heteroatoms. The van der Waals surface area contributed by atoms with Gasteiger partial charge in [-0.3, -0.25) is 4.21 Å². The zero-order valence-corrected chi connectivity index (χ0v) is 10.7. The molecule has 0 saturated carbocycles. The van der Waals surface area contributed by atoms with E-state index in [2.05, 4.69) is 0 Å². The Bertz CT molecular complexity index is 416. The Kier molecular flexibility index (Phi) is 4.02. The molecule has 0 radical (unpaired) electrons. The van der Waals surface area contributed by atoms with Crippen molar-refractivity contribution in [3.8, 4) is 5.75 Å². The van der Waals surface area contributed by atoms with Gasteiger partial charge < -0.3 is 15.2 Å². The highest BCUT2D eigenvalue weighted by Gasteiger charge is 2.20. The van der Waals surface area contributed by atoms with E-state index >= 15 is 0 Å². The molecule has 0 spiro atoms. The van der Waals surface area contributed by atoms with Crippen LogP contribution >= 0.6 is 0 Å².